The van der Waals surface area contributed by atoms with Crippen LogP contribution in [0.15, 0.2) is 29.2 Å². The van der Waals surface area contributed by atoms with Crippen molar-refractivity contribution in [2.75, 3.05) is 19.8 Å². The van der Waals surface area contributed by atoms with E-state index in [9.17, 15) is 0 Å². The highest BCUT2D eigenvalue weighted by Gasteiger charge is 2.22. The number of rotatable bonds is 6. The van der Waals surface area contributed by atoms with Gasteiger partial charge >= 0.3 is 0 Å². The molecule has 0 saturated heterocycles. The molecule has 2 N–H and O–H groups in total. The number of nitrogens with two attached hydrogens (primary N) is 1. The van der Waals surface area contributed by atoms with Gasteiger partial charge in [-0.25, -0.2) is 0 Å². The van der Waals surface area contributed by atoms with E-state index in [1.54, 1.807) is 11.8 Å². The maximum atomic E-state index is 5.65. The van der Waals surface area contributed by atoms with Gasteiger partial charge in [0.05, 0.1) is 0 Å². The molecule has 1 aromatic carbocycles. The predicted molar refractivity (Wildman–Crippen MR) is 77.4 cm³/mol. The molecule has 3 heteroatoms. The summed E-state index contributed by atoms with van der Waals surface area (Å²) < 4.78 is 0. The van der Waals surface area contributed by atoms with Crippen molar-refractivity contribution in [3.8, 4) is 0 Å². The lowest BCUT2D eigenvalue weighted by atomic mass is 9.98. The molecule has 0 amide bonds. The Balaban J connectivity index is 2.63. The molecule has 0 bridgehead atoms. The van der Waals surface area contributed by atoms with Gasteiger partial charge in [0.25, 0.3) is 0 Å². The van der Waals surface area contributed by atoms with Gasteiger partial charge in [0, 0.05) is 17.0 Å². The minimum Gasteiger partial charge on any atom is -0.330 e. The van der Waals surface area contributed by atoms with Crippen LogP contribution in [0.3, 0.4) is 0 Å². The van der Waals surface area contributed by atoms with Crippen molar-refractivity contribution in [2.45, 2.75) is 37.2 Å². The number of nitrogens with zero attached hydrogens (tertiary/aromatic N) is 1. The van der Waals surface area contributed by atoms with Crippen molar-refractivity contribution < 1.29 is 0 Å². The van der Waals surface area contributed by atoms with E-state index in [1.165, 1.54) is 10.5 Å². The normalized spacial score (nSPS) is 12.1. The van der Waals surface area contributed by atoms with Crippen molar-refractivity contribution >= 4 is 11.8 Å². The first kappa shape index (κ1) is 14.6. The van der Waals surface area contributed by atoms with Crippen molar-refractivity contribution in [3.05, 3.63) is 29.8 Å². The van der Waals surface area contributed by atoms with Crippen LogP contribution in [-0.2, 0) is 6.54 Å². The average molecular weight is 252 g/mol. The third kappa shape index (κ3) is 4.34. The van der Waals surface area contributed by atoms with Gasteiger partial charge < -0.3 is 5.73 Å². The van der Waals surface area contributed by atoms with E-state index in [1.807, 2.05) is 0 Å². The fourth-order valence-electron chi connectivity index (χ4n) is 1.76. The molecule has 1 rings (SSSR count). The maximum Gasteiger partial charge on any atom is 0.0236 e. The predicted octanol–water partition coefficient (Wildman–Crippen LogP) is 2.97. The molecule has 0 radical (unpaired) electrons. The fraction of sp³-hybridized carbons (Fsp3) is 0.571. The molecule has 96 valence electrons. The summed E-state index contributed by atoms with van der Waals surface area (Å²) in [4.78, 5) is 3.69. The zero-order valence-corrected chi connectivity index (χ0v) is 12.2. The van der Waals surface area contributed by atoms with Crippen LogP contribution in [0.1, 0.15) is 25.8 Å². The van der Waals surface area contributed by atoms with Crippen molar-refractivity contribution in [1.82, 2.24) is 4.90 Å². The van der Waals surface area contributed by atoms with E-state index in [4.69, 9.17) is 5.73 Å². The molecule has 0 saturated carbocycles. The highest BCUT2D eigenvalue weighted by atomic mass is 32.2. The van der Waals surface area contributed by atoms with Gasteiger partial charge in [0.15, 0.2) is 0 Å². The molecule has 2 nitrogen and oxygen atoms in total. The van der Waals surface area contributed by atoms with Gasteiger partial charge in [-0.1, -0.05) is 12.1 Å². The highest BCUT2D eigenvalue weighted by molar-refractivity contribution is 7.98. The van der Waals surface area contributed by atoms with Gasteiger partial charge in [-0.3, -0.25) is 4.90 Å². The zero-order chi connectivity index (χ0) is 12.9. The number of hydrogen-bond acceptors (Lipinski definition) is 3. The Labute approximate surface area is 110 Å². The second-order valence-corrected chi connectivity index (χ2v) is 5.93. The summed E-state index contributed by atoms with van der Waals surface area (Å²) in [5.74, 6) is 0. The lowest BCUT2D eigenvalue weighted by Gasteiger charge is -2.35. The Morgan fingerprint density at radius 2 is 1.82 bits per heavy atom. The third-order valence-electron chi connectivity index (χ3n) is 3.37. The van der Waals surface area contributed by atoms with E-state index in [2.05, 4.69) is 56.3 Å². The Bertz CT molecular complexity index is 333. The molecular weight excluding hydrogens is 228 g/mol. The first-order valence-electron chi connectivity index (χ1n) is 6.04. The lowest BCUT2D eigenvalue weighted by Crippen LogP contribution is -2.42. The summed E-state index contributed by atoms with van der Waals surface area (Å²) in [6, 6.07) is 8.79. The quantitative estimate of drug-likeness (QED) is 0.789. The van der Waals surface area contributed by atoms with E-state index in [0.717, 1.165) is 19.5 Å². The second-order valence-electron chi connectivity index (χ2n) is 5.06. The molecule has 17 heavy (non-hydrogen) atoms. The molecular formula is C14H24N2S. The zero-order valence-electron chi connectivity index (χ0n) is 11.4. The van der Waals surface area contributed by atoms with Crippen LogP contribution >= 0.6 is 11.8 Å². The molecule has 0 atom stereocenters. The third-order valence-corrected chi connectivity index (χ3v) is 4.11. The molecule has 0 aromatic heterocycles. The molecule has 0 spiro atoms. The highest BCUT2D eigenvalue weighted by Crippen LogP contribution is 2.20. The van der Waals surface area contributed by atoms with Crippen LogP contribution in [0, 0.1) is 0 Å². The molecule has 0 unspecified atom stereocenters. The summed E-state index contributed by atoms with van der Waals surface area (Å²) in [6.45, 7) is 6.21. The van der Waals surface area contributed by atoms with Crippen molar-refractivity contribution in [2.24, 2.45) is 5.73 Å². The van der Waals surface area contributed by atoms with Crippen molar-refractivity contribution in [1.29, 1.82) is 0 Å². The number of benzene rings is 1. The number of hydrogen-bond donors (Lipinski definition) is 1. The number of thioether (sulfide) groups is 1. The SMILES string of the molecule is CSc1ccc(CN(C)C(C)(C)CCN)cc1. The monoisotopic (exact) mass is 252 g/mol. The first-order chi connectivity index (χ1) is 7.99. The Hall–Kier alpha value is -0.510. The Morgan fingerprint density at radius 1 is 1.24 bits per heavy atom. The largest absolute Gasteiger partial charge is 0.330 e. The molecule has 0 aliphatic heterocycles. The Morgan fingerprint density at radius 3 is 2.29 bits per heavy atom. The van der Waals surface area contributed by atoms with Gasteiger partial charge in [0.1, 0.15) is 0 Å². The van der Waals surface area contributed by atoms with Crippen LogP contribution in [0.2, 0.25) is 0 Å². The lowest BCUT2D eigenvalue weighted by molar-refractivity contribution is 0.140. The smallest absolute Gasteiger partial charge is 0.0236 e. The molecule has 1 aromatic rings. The van der Waals surface area contributed by atoms with Gasteiger partial charge in [0.2, 0.25) is 0 Å². The van der Waals surface area contributed by atoms with Crippen molar-refractivity contribution in [3.63, 3.8) is 0 Å². The summed E-state index contributed by atoms with van der Waals surface area (Å²) in [7, 11) is 2.16. The summed E-state index contributed by atoms with van der Waals surface area (Å²) in [5, 5.41) is 0. The van der Waals surface area contributed by atoms with Crippen LogP contribution in [0.25, 0.3) is 0 Å². The van der Waals surface area contributed by atoms with Gasteiger partial charge in [-0.2, -0.15) is 0 Å². The van der Waals surface area contributed by atoms with E-state index in [-0.39, 0.29) is 5.54 Å². The van der Waals surface area contributed by atoms with E-state index in [0.29, 0.717) is 0 Å². The minimum atomic E-state index is 0.160. The summed E-state index contributed by atoms with van der Waals surface area (Å²) in [6.07, 6.45) is 3.12. The van der Waals surface area contributed by atoms with Gasteiger partial charge in [-0.05, 0) is 57.8 Å². The maximum absolute atomic E-state index is 5.65. The summed E-state index contributed by atoms with van der Waals surface area (Å²) >= 11 is 1.78. The summed E-state index contributed by atoms with van der Waals surface area (Å²) in [5.41, 5.74) is 7.17. The fourth-order valence-corrected chi connectivity index (χ4v) is 2.17. The van der Waals surface area contributed by atoms with Crippen LogP contribution in [0.5, 0.6) is 0 Å². The van der Waals surface area contributed by atoms with E-state index < -0.39 is 0 Å². The van der Waals surface area contributed by atoms with Crippen LogP contribution < -0.4 is 5.73 Å². The topological polar surface area (TPSA) is 29.3 Å². The van der Waals surface area contributed by atoms with Crippen LogP contribution in [-0.4, -0.2) is 30.3 Å². The van der Waals surface area contributed by atoms with Gasteiger partial charge in [-0.15, -0.1) is 11.8 Å². The first-order valence-corrected chi connectivity index (χ1v) is 7.26. The molecule has 0 fully saturated rings. The molecule has 0 aliphatic carbocycles. The second kappa shape index (κ2) is 6.43. The standard InChI is InChI=1S/C14H24N2S/c1-14(2,9-10-15)16(3)11-12-5-7-13(17-4)8-6-12/h5-8H,9-11,15H2,1-4H3. The minimum absolute atomic E-state index is 0.160. The van der Waals surface area contributed by atoms with Crippen LogP contribution in [0.4, 0.5) is 0 Å². The Kier molecular flexibility index (Phi) is 5.50. The average Bonchev–Trinajstić information content (AvgIpc) is 2.30. The van der Waals surface area contributed by atoms with E-state index >= 15 is 0 Å². The molecule has 0 aliphatic rings. The molecule has 0 heterocycles.